The molecule has 1 aliphatic heterocycles. The van der Waals surface area contributed by atoms with Crippen LogP contribution in [0.25, 0.3) is 0 Å². The van der Waals surface area contributed by atoms with Crippen molar-refractivity contribution in [3.05, 3.63) is 57.5 Å². The first-order chi connectivity index (χ1) is 10.2. The highest BCUT2D eigenvalue weighted by Gasteiger charge is 2.30. The van der Waals surface area contributed by atoms with Crippen LogP contribution in [-0.2, 0) is 0 Å². The Balaban J connectivity index is 0.00000176. The Morgan fingerprint density at radius 2 is 1.73 bits per heavy atom. The van der Waals surface area contributed by atoms with Crippen LogP contribution in [0.15, 0.2) is 29.0 Å². The molecule has 0 saturated carbocycles. The van der Waals surface area contributed by atoms with E-state index in [4.69, 9.17) is 0 Å². The fourth-order valence-electron chi connectivity index (χ4n) is 2.72. The number of hydrogen-bond acceptors (Lipinski definition) is 3. The number of thiophene rings is 1. The van der Waals surface area contributed by atoms with Gasteiger partial charge in [0.1, 0.15) is 5.82 Å². The summed E-state index contributed by atoms with van der Waals surface area (Å²) in [6, 6.07) is 3.07. The van der Waals surface area contributed by atoms with Crippen molar-refractivity contribution in [3.63, 3.8) is 0 Å². The van der Waals surface area contributed by atoms with Gasteiger partial charge in [-0.05, 0) is 34.5 Å². The molecule has 2 nitrogen and oxygen atoms in total. The lowest BCUT2D eigenvalue weighted by molar-refractivity contribution is 0.191. The molecule has 2 heterocycles. The van der Waals surface area contributed by atoms with Gasteiger partial charge in [0.05, 0.1) is 6.04 Å². The zero-order chi connectivity index (χ0) is 14.8. The van der Waals surface area contributed by atoms with Crippen molar-refractivity contribution in [2.24, 2.45) is 0 Å². The molecular weight excluding hydrogens is 333 g/mol. The standard InChI is InChI=1S/C15H15F3N2S.ClH/c16-11-1-2-12(17)14(18)13(11)15(10-3-8-21-9-10)20-6-4-19-5-7-20;/h1-3,8-9,15,19H,4-7H2;1H/t15-;/m1./s1. The summed E-state index contributed by atoms with van der Waals surface area (Å²) in [6.07, 6.45) is 0. The Morgan fingerprint density at radius 1 is 1.05 bits per heavy atom. The second kappa shape index (κ2) is 7.46. The Labute approximate surface area is 137 Å². The first-order valence-corrected chi connectivity index (χ1v) is 7.73. The number of hydrogen-bond donors (Lipinski definition) is 1. The summed E-state index contributed by atoms with van der Waals surface area (Å²) in [7, 11) is 0. The molecule has 22 heavy (non-hydrogen) atoms. The van der Waals surface area contributed by atoms with Gasteiger partial charge in [-0.2, -0.15) is 11.3 Å². The van der Waals surface area contributed by atoms with E-state index in [0.29, 0.717) is 13.1 Å². The van der Waals surface area contributed by atoms with E-state index in [1.807, 2.05) is 21.7 Å². The maximum absolute atomic E-state index is 14.2. The minimum atomic E-state index is -1.09. The third-order valence-corrected chi connectivity index (χ3v) is 4.43. The van der Waals surface area contributed by atoms with Crippen LogP contribution in [-0.4, -0.2) is 31.1 Å². The van der Waals surface area contributed by atoms with Crippen molar-refractivity contribution < 1.29 is 13.2 Å². The van der Waals surface area contributed by atoms with E-state index < -0.39 is 23.5 Å². The summed E-state index contributed by atoms with van der Waals surface area (Å²) in [4.78, 5) is 1.99. The SMILES string of the molecule is Cl.Fc1ccc(F)c([C@@H](c2ccsc2)N2CCNCC2)c1F. The van der Waals surface area contributed by atoms with E-state index >= 15 is 0 Å². The van der Waals surface area contributed by atoms with Gasteiger partial charge in [0.2, 0.25) is 0 Å². The third-order valence-electron chi connectivity index (χ3n) is 3.73. The molecule has 7 heteroatoms. The molecule has 2 aromatic rings. The summed E-state index contributed by atoms with van der Waals surface area (Å²) in [5.74, 6) is -2.81. The predicted octanol–water partition coefficient (Wildman–Crippen LogP) is 3.58. The van der Waals surface area contributed by atoms with E-state index in [9.17, 15) is 13.2 Å². The average Bonchev–Trinajstić information content (AvgIpc) is 3.02. The third kappa shape index (κ3) is 3.30. The molecular formula is C15H16ClF3N2S. The number of rotatable bonds is 3. The van der Waals surface area contributed by atoms with Crippen LogP contribution in [0.3, 0.4) is 0 Å². The van der Waals surface area contributed by atoms with E-state index in [0.717, 1.165) is 30.8 Å². The lowest BCUT2D eigenvalue weighted by Crippen LogP contribution is -2.45. The Kier molecular flexibility index (Phi) is 5.86. The maximum Gasteiger partial charge on any atom is 0.166 e. The van der Waals surface area contributed by atoms with Crippen molar-refractivity contribution >= 4 is 23.7 Å². The van der Waals surface area contributed by atoms with Gasteiger partial charge in [-0.15, -0.1) is 12.4 Å². The number of nitrogens with zero attached hydrogens (tertiary/aromatic N) is 1. The van der Waals surface area contributed by atoms with Crippen LogP contribution < -0.4 is 5.32 Å². The minimum absolute atomic E-state index is 0. The first kappa shape index (κ1) is 17.3. The van der Waals surface area contributed by atoms with Crippen LogP contribution in [0, 0.1) is 17.5 Å². The molecule has 1 N–H and O–H groups in total. The molecule has 0 bridgehead atoms. The molecule has 1 aliphatic rings. The average molecular weight is 349 g/mol. The monoisotopic (exact) mass is 348 g/mol. The van der Waals surface area contributed by atoms with Crippen LogP contribution in [0.5, 0.6) is 0 Å². The predicted molar refractivity (Wildman–Crippen MR) is 84.2 cm³/mol. The van der Waals surface area contributed by atoms with Crippen molar-refractivity contribution in [3.8, 4) is 0 Å². The lowest BCUT2D eigenvalue weighted by Gasteiger charge is -2.35. The molecule has 1 fully saturated rings. The van der Waals surface area contributed by atoms with Gasteiger partial charge in [0.15, 0.2) is 11.6 Å². The summed E-state index contributed by atoms with van der Waals surface area (Å²) in [5, 5.41) is 6.92. The Morgan fingerprint density at radius 3 is 2.36 bits per heavy atom. The molecule has 3 rings (SSSR count). The molecule has 0 spiro atoms. The van der Waals surface area contributed by atoms with Gasteiger partial charge in [-0.3, -0.25) is 4.90 Å². The second-order valence-corrected chi connectivity index (χ2v) is 5.78. The van der Waals surface area contributed by atoms with Gasteiger partial charge in [0, 0.05) is 31.7 Å². The molecule has 1 atom stereocenters. The molecule has 0 aliphatic carbocycles. The summed E-state index contributed by atoms with van der Waals surface area (Å²) >= 11 is 1.46. The molecule has 1 aromatic heterocycles. The van der Waals surface area contributed by atoms with Crippen LogP contribution in [0.2, 0.25) is 0 Å². The molecule has 120 valence electrons. The normalized spacial score (nSPS) is 17.0. The Bertz CT molecular complexity index is 616. The Hall–Kier alpha value is -1.08. The fourth-order valence-corrected chi connectivity index (χ4v) is 3.40. The van der Waals surface area contributed by atoms with Crippen molar-refractivity contribution in [2.45, 2.75) is 6.04 Å². The second-order valence-electron chi connectivity index (χ2n) is 5.00. The summed E-state index contributed by atoms with van der Waals surface area (Å²) in [6.45, 7) is 2.82. The van der Waals surface area contributed by atoms with Gasteiger partial charge >= 0.3 is 0 Å². The van der Waals surface area contributed by atoms with E-state index in [-0.39, 0.29) is 18.0 Å². The zero-order valence-electron chi connectivity index (χ0n) is 11.7. The van der Waals surface area contributed by atoms with Crippen molar-refractivity contribution in [1.82, 2.24) is 10.2 Å². The van der Waals surface area contributed by atoms with Gasteiger partial charge in [-0.25, -0.2) is 13.2 Å². The first-order valence-electron chi connectivity index (χ1n) is 6.78. The number of benzene rings is 1. The van der Waals surface area contributed by atoms with Gasteiger partial charge in [-0.1, -0.05) is 0 Å². The van der Waals surface area contributed by atoms with Crippen LogP contribution in [0.4, 0.5) is 13.2 Å². The quantitative estimate of drug-likeness (QED) is 0.853. The topological polar surface area (TPSA) is 15.3 Å². The van der Waals surface area contributed by atoms with Gasteiger partial charge < -0.3 is 5.32 Å². The highest BCUT2D eigenvalue weighted by atomic mass is 35.5. The van der Waals surface area contributed by atoms with Crippen LogP contribution in [0.1, 0.15) is 17.2 Å². The largest absolute Gasteiger partial charge is 0.314 e. The smallest absolute Gasteiger partial charge is 0.166 e. The lowest BCUT2D eigenvalue weighted by atomic mass is 9.97. The zero-order valence-corrected chi connectivity index (χ0v) is 13.3. The highest BCUT2D eigenvalue weighted by molar-refractivity contribution is 7.08. The summed E-state index contributed by atoms with van der Waals surface area (Å²) < 4.78 is 41.9. The van der Waals surface area contributed by atoms with Gasteiger partial charge in [0.25, 0.3) is 0 Å². The van der Waals surface area contributed by atoms with E-state index in [1.165, 1.54) is 11.3 Å². The molecule has 0 unspecified atom stereocenters. The molecule has 1 aromatic carbocycles. The van der Waals surface area contributed by atoms with Crippen molar-refractivity contribution in [2.75, 3.05) is 26.2 Å². The molecule has 1 saturated heterocycles. The highest BCUT2D eigenvalue weighted by Crippen LogP contribution is 2.34. The number of halogens is 4. The molecule has 0 amide bonds. The maximum atomic E-state index is 14.2. The number of nitrogens with one attached hydrogen (secondary N) is 1. The minimum Gasteiger partial charge on any atom is -0.314 e. The number of piperazine rings is 1. The summed E-state index contributed by atoms with van der Waals surface area (Å²) in [5.41, 5.74) is 0.598. The molecule has 0 radical (unpaired) electrons. The van der Waals surface area contributed by atoms with E-state index in [2.05, 4.69) is 5.32 Å². The fraction of sp³-hybridized carbons (Fsp3) is 0.333. The van der Waals surface area contributed by atoms with Crippen molar-refractivity contribution in [1.29, 1.82) is 0 Å². The van der Waals surface area contributed by atoms with Crippen LogP contribution >= 0.6 is 23.7 Å². The van der Waals surface area contributed by atoms with E-state index in [1.54, 1.807) is 0 Å².